The number of Topliss-reactive ketones (excluding diaryl/α,β-unsaturated/α-hetero) is 1. The lowest BCUT2D eigenvalue weighted by Gasteiger charge is -2.16. The van der Waals surface area contributed by atoms with Gasteiger partial charge < -0.3 is 10.8 Å². The van der Waals surface area contributed by atoms with Crippen LogP contribution in [0.2, 0.25) is 0 Å². The molecule has 3 heteroatoms. The molecule has 0 radical (unpaired) electrons. The van der Waals surface area contributed by atoms with E-state index < -0.39 is 0 Å². The maximum Gasteiger partial charge on any atom is 0.205 e. The van der Waals surface area contributed by atoms with Crippen LogP contribution < -0.4 is 5.73 Å². The maximum atomic E-state index is 10.7. The third-order valence-electron chi connectivity index (χ3n) is 2.42. The second-order valence-corrected chi connectivity index (χ2v) is 3.64. The molecule has 0 aliphatic rings. The van der Waals surface area contributed by atoms with Crippen molar-refractivity contribution in [2.45, 2.75) is 38.6 Å². The zero-order chi connectivity index (χ0) is 11.0. The second-order valence-electron chi connectivity index (χ2n) is 3.64. The van der Waals surface area contributed by atoms with Crippen LogP contribution in [0.1, 0.15) is 32.6 Å². The molecule has 3 nitrogen and oxygen atoms in total. The highest BCUT2D eigenvalue weighted by atomic mass is 16.3. The molecule has 0 spiro atoms. The Labute approximate surface area is 85.7 Å². The third-order valence-corrected chi connectivity index (χ3v) is 2.42. The summed E-state index contributed by atoms with van der Waals surface area (Å²) in [5, 5.41) is 8.78. The van der Waals surface area contributed by atoms with Crippen molar-refractivity contribution in [1.82, 2.24) is 0 Å². The lowest BCUT2D eigenvalue weighted by Crippen LogP contribution is -2.31. The van der Waals surface area contributed by atoms with E-state index in [1.807, 2.05) is 6.92 Å². The van der Waals surface area contributed by atoms with Crippen LogP contribution >= 0.6 is 0 Å². The van der Waals surface area contributed by atoms with Gasteiger partial charge in [0.2, 0.25) is 5.78 Å². The highest BCUT2D eigenvalue weighted by molar-refractivity contribution is 5.94. The molecule has 0 aromatic rings. The Morgan fingerprint density at radius 2 is 2.21 bits per heavy atom. The molecule has 0 fully saturated rings. The van der Waals surface area contributed by atoms with Crippen LogP contribution in [0, 0.1) is 18.3 Å². The summed E-state index contributed by atoms with van der Waals surface area (Å²) in [6.07, 6.45) is 8.06. The van der Waals surface area contributed by atoms with Gasteiger partial charge in [0.05, 0.1) is 6.61 Å². The van der Waals surface area contributed by atoms with Crippen LogP contribution in [0.5, 0.6) is 0 Å². The first kappa shape index (κ1) is 13.2. The molecule has 2 atom stereocenters. The summed E-state index contributed by atoms with van der Waals surface area (Å²) >= 11 is 0. The number of hydrogen-bond donors (Lipinski definition) is 2. The molecule has 0 aromatic heterocycles. The molecule has 0 saturated carbocycles. The smallest absolute Gasteiger partial charge is 0.205 e. The van der Waals surface area contributed by atoms with Gasteiger partial charge in [0.25, 0.3) is 0 Å². The van der Waals surface area contributed by atoms with Crippen molar-refractivity contribution in [1.29, 1.82) is 0 Å². The molecule has 0 aliphatic carbocycles. The maximum absolute atomic E-state index is 10.7. The standard InChI is InChI=1S/C11H19NO2/c1-3-10(14)7-5-4-6-9(2)11(12)8-13/h1,9,11,13H,4-8,12H2,2H3. The fourth-order valence-corrected chi connectivity index (χ4v) is 1.22. The third kappa shape index (κ3) is 5.74. The summed E-state index contributed by atoms with van der Waals surface area (Å²) in [4.78, 5) is 10.7. The molecule has 14 heavy (non-hydrogen) atoms. The van der Waals surface area contributed by atoms with Crippen molar-refractivity contribution < 1.29 is 9.90 Å². The summed E-state index contributed by atoms with van der Waals surface area (Å²) in [7, 11) is 0. The number of nitrogens with two attached hydrogens (primary N) is 1. The quantitative estimate of drug-likeness (QED) is 0.359. The van der Waals surface area contributed by atoms with Crippen LogP contribution in [-0.2, 0) is 4.79 Å². The van der Waals surface area contributed by atoms with Gasteiger partial charge in [0, 0.05) is 12.5 Å². The predicted molar refractivity (Wildman–Crippen MR) is 56.5 cm³/mol. The van der Waals surface area contributed by atoms with Crippen LogP contribution in [0.3, 0.4) is 0 Å². The molecular formula is C11H19NO2. The van der Waals surface area contributed by atoms with E-state index in [0.717, 1.165) is 19.3 Å². The van der Waals surface area contributed by atoms with Gasteiger partial charge in [-0.15, -0.1) is 6.42 Å². The Morgan fingerprint density at radius 1 is 1.57 bits per heavy atom. The summed E-state index contributed by atoms with van der Waals surface area (Å²) in [5.41, 5.74) is 5.64. The van der Waals surface area contributed by atoms with Gasteiger partial charge in [-0.25, -0.2) is 0 Å². The van der Waals surface area contributed by atoms with Gasteiger partial charge in [-0.3, -0.25) is 4.79 Å². The summed E-state index contributed by atoms with van der Waals surface area (Å²) in [6, 6.07) is -0.154. The first-order chi connectivity index (χ1) is 6.61. The van der Waals surface area contributed by atoms with Crippen molar-refractivity contribution in [3.8, 4) is 12.3 Å². The summed E-state index contributed by atoms with van der Waals surface area (Å²) in [6.45, 7) is 2.02. The molecule has 3 N–H and O–H groups in total. The SMILES string of the molecule is C#CC(=O)CCCCC(C)C(N)CO. The van der Waals surface area contributed by atoms with Crippen molar-refractivity contribution in [2.24, 2.45) is 11.7 Å². The van der Waals surface area contributed by atoms with E-state index in [0.29, 0.717) is 12.3 Å². The van der Waals surface area contributed by atoms with Crippen molar-refractivity contribution >= 4 is 5.78 Å². The van der Waals surface area contributed by atoms with E-state index >= 15 is 0 Å². The number of terminal acetylenes is 1. The predicted octanol–water partition coefficient (Wildman–Crippen LogP) is 0.705. The van der Waals surface area contributed by atoms with Gasteiger partial charge in [-0.1, -0.05) is 13.3 Å². The molecule has 0 heterocycles. The highest BCUT2D eigenvalue weighted by Crippen LogP contribution is 2.11. The molecule has 2 unspecified atom stereocenters. The fourth-order valence-electron chi connectivity index (χ4n) is 1.22. The minimum absolute atomic E-state index is 0.0183. The average molecular weight is 197 g/mol. The Morgan fingerprint density at radius 3 is 2.71 bits per heavy atom. The molecule has 0 amide bonds. The minimum atomic E-state index is -0.154. The number of ketones is 1. The van der Waals surface area contributed by atoms with Crippen LogP contribution in [-0.4, -0.2) is 23.5 Å². The van der Waals surface area contributed by atoms with Gasteiger partial charge in [0.15, 0.2) is 0 Å². The zero-order valence-corrected chi connectivity index (χ0v) is 8.70. The van der Waals surface area contributed by atoms with Gasteiger partial charge in [-0.05, 0) is 24.7 Å². The summed E-state index contributed by atoms with van der Waals surface area (Å²) < 4.78 is 0. The normalized spacial score (nSPS) is 14.4. The van der Waals surface area contributed by atoms with Crippen molar-refractivity contribution in [2.75, 3.05) is 6.61 Å². The Kier molecular flexibility index (Phi) is 7.09. The largest absolute Gasteiger partial charge is 0.395 e. The highest BCUT2D eigenvalue weighted by Gasteiger charge is 2.10. The van der Waals surface area contributed by atoms with E-state index in [1.165, 1.54) is 0 Å². The molecule has 0 rings (SSSR count). The number of carbonyl (C=O) groups is 1. The number of carbonyl (C=O) groups excluding carboxylic acids is 1. The van der Waals surface area contributed by atoms with E-state index in [4.69, 9.17) is 17.3 Å². The Hall–Kier alpha value is -0.850. The monoisotopic (exact) mass is 197 g/mol. The molecule has 0 bridgehead atoms. The first-order valence-electron chi connectivity index (χ1n) is 4.97. The van der Waals surface area contributed by atoms with E-state index in [-0.39, 0.29) is 18.4 Å². The average Bonchev–Trinajstić information content (AvgIpc) is 2.22. The molecule has 0 aromatic carbocycles. The van der Waals surface area contributed by atoms with Gasteiger partial charge in [-0.2, -0.15) is 0 Å². The van der Waals surface area contributed by atoms with Crippen LogP contribution in [0.15, 0.2) is 0 Å². The Bertz CT molecular complexity index is 208. The van der Waals surface area contributed by atoms with Crippen LogP contribution in [0.4, 0.5) is 0 Å². The molecule has 80 valence electrons. The lowest BCUT2D eigenvalue weighted by molar-refractivity contribution is -0.113. The number of aliphatic hydroxyl groups excluding tert-OH is 1. The number of aliphatic hydroxyl groups is 1. The summed E-state index contributed by atoms with van der Waals surface area (Å²) in [5.74, 6) is 2.24. The Balaban J connectivity index is 3.46. The first-order valence-corrected chi connectivity index (χ1v) is 4.97. The number of hydrogen-bond acceptors (Lipinski definition) is 3. The fraction of sp³-hybridized carbons (Fsp3) is 0.727. The number of rotatable bonds is 7. The second kappa shape index (κ2) is 7.54. The van der Waals surface area contributed by atoms with Gasteiger partial charge >= 0.3 is 0 Å². The van der Waals surface area contributed by atoms with E-state index in [1.54, 1.807) is 0 Å². The van der Waals surface area contributed by atoms with E-state index in [9.17, 15) is 4.79 Å². The molecular weight excluding hydrogens is 178 g/mol. The van der Waals surface area contributed by atoms with Crippen molar-refractivity contribution in [3.05, 3.63) is 0 Å². The van der Waals surface area contributed by atoms with Crippen LogP contribution in [0.25, 0.3) is 0 Å². The van der Waals surface area contributed by atoms with Crippen molar-refractivity contribution in [3.63, 3.8) is 0 Å². The molecule has 0 saturated heterocycles. The zero-order valence-electron chi connectivity index (χ0n) is 8.70. The van der Waals surface area contributed by atoms with E-state index in [2.05, 4.69) is 5.92 Å². The molecule has 0 aliphatic heterocycles. The number of unbranched alkanes of at least 4 members (excludes halogenated alkanes) is 1. The van der Waals surface area contributed by atoms with Gasteiger partial charge in [0.1, 0.15) is 0 Å². The minimum Gasteiger partial charge on any atom is -0.395 e. The lowest BCUT2D eigenvalue weighted by atomic mass is 9.96. The topological polar surface area (TPSA) is 63.3 Å².